The molecule has 1 heterocycles. The molecule has 0 aliphatic carbocycles. The lowest BCUT2D eigenvalue weighted by atomic mass is 10.1. The molecule has 1 unspecified atom stereocenters. The first kappa shape index (κ1) is 19.0. The molecule has 142 valence electrons. The molecule has 0 aliphatic heterocycles. The second kappa shape index (κ2) is 8.30. The van der Waals surface area contributed by atoms with E-state index >= 15 is 0 Å². The molecule has 3 rings (SSSR count). The summed E-state index contributed by atoms with van der Waals surface area (Å²) in [6.45, 7) is 3.89. The van der Waals surface area contributed by atoms with Crippen molar-refractivity contribution < 1.29 is 9.59 Å². The molecule has 4 N–H and O–H groups in total. The Kier molecular flexibility index (Phi) is 5.64. The molecule has 28 heavy (non-hydrogen) atoms. The largest absolute Gasteiger partial charge is 0.364 e. The number of benzene rings is 2. The van der Waals surface area contributed by atoms with E-state index in [0.29, 0.717) is 17.1 Å². The third-order valence-corrected chi connectivity index (χ3v) is 4.18. The van der Waals surface area contributed by atoms with Crippen LogP contribution in [0, 0.1) is 6.92 Å². The number of nitrogens with one attached hydrogen (secondary N) is 2. The van der Waals surface area contributed by atoms with Gasteiger partial charge in [-0.15, -0.1) is 0 Å². The van der Waals surface area contributed by atoms with Gasteiger partial charge in [0.15, 0.2) is 0 Å². The van der Waals surface area contributed by atoms with Crippen molar-refractivity contribution in [1.29, 1.82) is 0 Å². The first-order valence-corrected chi connectivity index (χ1v) is 8.79. The number of rotatable bonds is 6. The summed E-state index contributed by atoms with van der Waals surface area (Å²) in [5.41, 5.74) is 8.59. The van der Waals surface area contributed by atoms with Crippen molar-refractivity contribution in [2.24, 2.45) is 5.73 Å². The van der Waals surface area contributed by atoms with Crippen LogP contribution in [0.3, 0.4) is 0 Å². The Morgan fingerprint density at radius 2 is 1.86 bits per heavy atom. The molecule has 2 amide bonds. The zero-order valence-electron chi connectivity index (χ0n) is 15.6. The summed E-state index contributed by atoms with van der Waals surface area (Å²) in [5.74, 6) is -0.357. The zero-order valence-corrected chi connectivity index (χ0v) is 15.6. The molecule has 0 aliphatic rings. The van der Waals surface area contributed by atoms with Gasteiger partial charge in [0.1, 0.15) is 11.5 Å². The van der Waals surface area contributed by atoms with Crippen LogP contribution in [0.15, 0.2) is 60.9 Å². The lowest BCUT2D eigenvalue weighted by Gasteiger charge is -2.16. The molecule has 7 nitrogen and oxygen atoms in total. The molecule has 0 radical (unpaired) electrons. The van der Waals surface area contributed by atoms with Gasteiger partial charge in [0, 0.05) is 11.3 Å². The van der Waals surface area contributed by atoms with Gasteiger partial charge in [-0.25, -0.2) is 4.98 Å². The van der Waals surface area contributed by atoms with E-state index in [2.05, 4.69) is 20.6 Å². The quantitative estimate of drug-likeness (QED) is 0.612. The number of hydrogen-bond donors (Lipinski definition) is 3. The summed E-state index contributed by atoms with van der Waals surface area (Å²) in [7, 11) is 0. The number of nitrogens with zero attached hydrogens (tertiary/aromatic N) is 2. The van der Waals surface area contributed by atoms with E-state index in [9.17, 15) is 9.59 Å². The van der Waals surface area contributed by atoms with E-state index in [1.807, 2.05) is 56.3 Å². The van der Waals surface area contributed by atoms with Gasteiger partial charge in [0.2, 0.25) is 0 Å². The van der Waals surface area contributed by atoms with Gasteiger partial charge < -0.3 is 16.4 Å². The molecule has 7 heteroatoms. The SMILES string of the molecule is Cc1cccc(C(=O)Nc2cccc(C(C)Nc3cncc(C(N)=O)n3)c2)c1. The van der Waals surface area contributed by atoms with Crippen molar-refractivity contribution >= 4 is 23.3 Å². The van der Waals surface area contributed by atoms with Gasteiger partial charge >= 0.3 is 0 Å². The number of carbonyl (C=O) groups excluding carboxylic acids is 2. The number of primary amides is 1. The Morgan fingerprint density at radius 1 is 1.07 bits per heavy atom. The topological polar surface area (TPSA) is 110 Å². The first-order valence-electron chi connectivity index (χ1n) is 8.79. The van der Waals surface area contributed by atoms with Crippen molar-refractivity contribution in [3.05, 3.63) is 83.3 Å². The summed E-state index contributed by atoms with van der Waals surface area (Å²) in [4.78, 5) is 31.8. The van der Waals surface area contributed by atoms with Gasteiger partial charge in [-0.05, 0) is 43.7 Å². The molecule has 0 fully saturated rings. The standard InChI is InChI=1S/C21H21N5O2/c1-13-5-3-7-16(9-13)21(28)25-17-8-4-6-15(10-17)14(2)24-19-12-23-11-18(26-19)20(22)27/h3-12,14H,1-2H3,(H2,22,27)(H,24,26)(H,25,28). The summed E-state index contributed by atoms with van der Waals surface area (Å²) in [6, 6.07) is 14.8. The number of aromatic nitrogens is 2. The monoisotopic (exact) mass is 375 g/mol. The third-order valence-electron chi connectivity index (χ3n) is 4.18. The molecule has 0 bridgehead atoms. The maximum absolute atomic E-state index is 12.5. The van der Waals surface area contributed by atoms with E-state index in [1.54, 1.807) is 6.07 Å². The number of aryl methyl sites for hydroxylation is 1. The smallest absolute Gasteiger partial charge is 0.268 e. The van der Waals surface area contributed by atoms with Gasteiger partial charge in [-0.1, -0.05) is 29.8 Å². The molecule has 0 saturated carbocycles. The molecule has 0 saturated heterocycles. The highest BCUT2D eigenvalue weighted by molar-refractivity contribution is 6.04. The fraction of sp³-hybridized carbons (Fsp3) is 0.143. The average Bonchev–Trinajstić information content (AvgIpc) is 2.68. The van der Waals surface area contributed by atoms with E-state index in [4.69, 9.17) is 5.73 Å². The minimum Gasteiger partial charge on any atom is -0.364 e. The second-order valence-corrected chi connectivity index (χ2v) is 6.47. The van der Waals surface area contributed by atoms with Crippen LogP contribution in [-0.2, 0) is 0 Å². The predicted octanol–water partition coefficient (Wildman–Crippen LogP) is 3.31. The van der Waals surface area contributed by atoms with Crippen molar-refractivity contribution in [3.8, 4) is 0 Å². The Morgan fingerprint density at radius 3 is 2.61 bits per heavy atom. The molecule has 1 aromatic heterocycles. The Bertz CT molecular complexity index is 1020. The molecule has 2 aromatic carbocycles. The van der Waals surface area contributed by atoms with E-state index < -0.39 is 5.91 Å². The molecule has 3 aromatic rings. The van der Waals surface area contributed by atoms with Crippen LogP contribution in [0.25, 0.3) is 0 Å². The average molecular weight is 375 g/mol. The highest BCUT2D eigenvalue weighted by Gasteiger charge is 2.11. The van der Waals surface area contributed by atoms with Gasteiger partial charge in [-0.2, -0.15) is 0 Å². The maximum Gasteiger partial charge on any atom is 0.268 e. The maximum atomic E-state index is 12.5. The number of hydrogen-bond acceptors (Lipinski definition) is 5. The fourth-order valence-corrected chi connectivity index (χ4v) is 2.73. The minimum absolute atomic E-state index is 0.0939. The summed E-state index contributed by atoms with van der Waals surface area (Å²) in [6.07, 6.45) is 2.84. The van der Waals surface area contributed by atoms with Crippen LogP contribution in [0.4, 0.5) is 11.5 Å². The van der Waals surface area contributed by atoms with Crippen LogP contribution < -0.4 is 16.4 Å². The van der Waals surface area contributed by atoms with Gasteiger partial charge in [0.05, 0.1) is 18.4 Å². The number of nitrogens with two attached hydrogens (primary N) is 1. The highest BCUT2D eigenvalue weighted by atomic mass is 16.2. The van der Waals surface area contributed by atoms with Crippen molar-refractivity contribution in [1.82, 2.24) is 9.97 Å². The van der Waals surface area contributed by atoms with Gasteiger partial charge in [-0.3, -0.25) is 14.6 Å². The Hall–Kier alpha value is -3.74. The number of anilines is 2. The van der Waals surface area contributed by atoms with E-state index in [0.717, 1.165) is 11.1 Å². The third kappa shape index (κ3) is 4.70. The molecular formula is C21H21N5O2. The number of carbonyl (C=O) groups is 2. The van der Waals surface area contributed by atoms with Crippen molar-refractivity contribution in [3.63, 3.8) is 0 Å². The molecule has 1 atom stereocenters. The highest BCUT2D eigenvalue weighted by Crippen LogP contribution is 2.21. The summed E-state index contributed by atoms with van der Waals surface area (Å²) >= 11 is 0. The Balaban J connectivity index is 1.72. The van der Waals surface area contributed by atoms with Gasteiger partial charge in [0.25, 0.3) is 11.8 Å². The van der Waals surface area contributed by atoms with Crippen molar-refractivity contribution in [2.75, 3.05) is 10.6 Å². The van der Waals surface area contributed by atoms with Crippen LogP contribution in [0.1, 0.15) is 44.9 Å². The molecule has 0 spiro atoms. The minimum atomic E-state index is -0.635. The second-order valence-electron chi connectivity index (χ2n) is 6.47. The predicted molar refractivity (Wildman–Crippen MR) is 108 cm³/mol. The summed E-state index contributed by atoms with van der Waals surface area (Å²) < 4.78 is 0. The molecular weight excluding hydrogens is 354 g/mol. The number of amides is 2. The van der Waals surface area contributed by atoms with Crippen LogP contribution >= 0.6 is 0 Å². The summed E-state index contributed by atoms with van der Waals surface area (Å²) in [5, 5.41) is 6.09. The van der Waals surface area contributed by atoms with E-state index in [-0.39, 0.29) is 17.6 Å². The first-order chi connectivity index (χ1) is 13.4. The van der Waals surface area contributed by atoms with E-state index in [1.165, 1.54) is 12.4 Å². The zero-order chi connectivity index (χ0) is 20.1. The van der Waals surface area contributed by atoms with Crippen LogP contribution in [-0.4, -0.2) is 21.8 Å². The van der Waals surface area contributed by atoms with Crippen molar-refractivity contribution in [2.45, 2.75) is 19.9 Å². The lowest BCUT2D eigenvalue weighted by Crippen LogP contribution is -2.16. The Labute approximate surface area is 163 Å². The van der Waals surface area contributed by atoms with Crippen LogP contribution in [0.2, 0.25) is 0 Å². The lowest BCUT2D eigenvalue weighted by molar-refractivity contribution is 0.0993. The fourth-order valence-electron chi connectivity index (χ4n) is 2.73. The normalized spacial score (nSPS) is 11.5. The van der Waals surface area contributed by atoms with Crippen LogP contribution in [0.5, 0.6) is 0 Å².